The Morgan fingerprint density at radius 2 is 1.97 bits per heavy atom. The molecule has 0 saturated heterocycles. The number of benzene rings is 1. The molecule has 10 nitrogen and oxygen atoms in total. The van der Waals surface area contributed by atoms with Gasteiger partial charge in [-0.3, -0.25) is 19.6 Å². The number of amides is 2. The third-order valence-corrected chi connectivity index (χ3v) is 4.67. The van der Waals surface area contributed by atoms with E-state index in [1.54, 1.807) is 22.9 Å². The van der Waals surface area contributed by atoms with Gasteiger partial charge >= 0.3 is 0 Å². The Balaban J connectivity index is 2.05. The zero-order chi connectivity index (χ0) is 21.8. The molecule has 3 rings (SSSR count). The maximum Gasteiger partial charge on any atom is 0.276 e. The van der Waals surface area contributed by atoms with Crippen LogP contribution in [-0.2, 0) is 13.1 Å². The van der Waals surface area contributed by atoms with E-state index in [1.807, 2.05) is 25.3 Å². The Bertz CT molecular complexity index is 1080. The summed E-state index contributed by atoms with van der Waals surface area (Å²) in [5, 5.41) is 7.17. The van der Waals surface area contributed by atoms with Gasteiger partial charge in [-0.05, 0) is 51.9 Å². The van der Waals surface area contributed by atoms with Crippen molar-refractivity contribution >= 4 is 28.8 Å². The van der Waals surface area contributed by atoms with Crippen LogP contribution in [0.25, 0.3) is 11.0 Å². The highest BCUT2D eigenvalue weighted by Crippen LogP contribution is 2.31. The minimum Gasteiger partial charge on any atom is -0.491 e. The maximum atomic E-state index is 12.9. The number of rotatable bonds is 9. The molecule has 0 atom stereocenters. The van der Waals surface area contributed by atoms with Crippen LogP contribution in [-0.4, -0.2) is 44.3 Å². The average molecular weight is 413 g/mol. The molecule has 0 aliphatic carbocycles. The van der Waals surface area contributed by atoms with Crippen LogP contribution in [0, 0.1) is 6.92 Å². The lowest BCUT2D eigenvalue weighted by Gasteiger charge is -2.12. The van der Waals surface area contributed by atoms with Crippen molar-refractivity contribution < 1.29 is 14.3 Å². The minimum atomic E-state index is -0.584. The van der Waals surface area contributed by atoms with Crippen molar-refractivity contribution in [1.82, 2.24) is 19.3 Å². The van der Waals surface area contributed by atoms with E-state index in [0.717, 1.165) is 5.69 Å². The van der Waals surface area contributed by atoms with Gasteiger partial charge in [-0.15, -0.1) is 0 Å². The Hall–Kier alpha value is -3.40. The highest BCUT2D eigenvalue weighted by molar-refractivity contribution is 6.04. The number of nitrogens with one attached hydrogen (secondary N) is 1. The smallest absolute Gasteiger partial charge is 0.276 e. The average Bonchev–Trinajstić information content (AvgIpc) is 3.27. The molecule has 2 heterocycles. The molecule has 0 spiro atoms. The highest BCUT2D eigenvalue weighted by Gasteiger charge is 2.21. The predicted molar refractivity (Wildman–Crippen MR) is 114 cm³/mol. The van der Waals surface area contributed by atoms with E-state index in [1.165, 1.54) is 0 Å². The minimum absolute atomic E-state index is 0.281. The van der Waals surface area contributed by atoms with E-state index in [4.69, 9.17) is 16.2 Å². The van der Waals surface area contributed by atoms with Crippen LogP contribution >= 0.6 is 0 Å². The fourth-order valence-electron chi connectivity index (χ4n) is 3.29. The lowest BCUT2D eigenvalue weighted by Crippen LogP contribution is -2.19. The fourth-order valence-corrected chi connectivity index (χ4v) is 3.29. The molecule has 0 aliphatic heterocycles. The molecule has 0 radical (unpaired) electrons. The summed E-state index contributed by atoms with van der Waals surface area (Å²) in [6, 6.07) is 4.91. The molecular formula is C20H27N7O3. The van der Waals surface area contributed by atoms with Gasteiger partial charge in [0.15, 0.2) is 0 Å². The van der Waals surface area contributed by atoms with E-state index in [0.29, 0.717) is 61.1 Å². The summed E-state index contributed by atoms with van der Waals surface area (Å²) in [5.41, 5.74) is 13.7. The zero-order valence-corrected chi connectivity index (χ0v) is 17.4. The van der Waals surface area contributed by atoms with E-state index in [-0.39, 0.29) is 11.5 Å². The SMILES string of the molecule is CCn1nc(C)cc1C(=O)Nc1nc2cc(C(N)=O)cc(OCCCN)c2n1CC. The van der Waals surface area contributed by atoms with Gasteiger partial charge in [0, 0.05) is 18.7 Å². The van der Waals surface area contributed by atoms with Crippen LogP contribution in [0.15, 0.2) is 18.2 Å². The summed E-state index contributed by atoms with van der Waals surface area (Å²) >= 11 is 0. The summed E-state index contributed by atoms with van der Waals surface area (Å²) in [6.07, 6.45) is 0.659. The van der Waals surface area contributed by atoms with Crippen molar-refractivity contribution in [3.05, 3.63) is 35.2 Å². The molecule has 10 heteroatoms. The molecule has 5 N–H and O–H groups in total. The number of imidazole rings is 1. The van der Waals surface area contributed by atoms with Gasteiger partial charge in [0.05, 0.1) is 17.8 Å². The largest absolute Gasteiger partial charge is 0.491 e. The third kappa shape index (κ3) is 4.13. The van der Waals surface area contributed by atoms with Crippen molar-refractivity contribution in [3.63, 3.8) is 0 Å². The molecular weight excluding hydrogens is 386 g/mol. The zero-order valence-electron chi connectivity index (χ0n) is 17.4. The number of aryl methyl sites for hydroxylation is 3. The van der Waals surface area contributed by atoms with Crippen LogP contribution in [0.3, 0.4) is 0 Å². The molecule has 1 aromatic carbocycles. The van der Waals surface area contributed by atoms with Crippen LogP contribution in [0.5, 0.6) is 5.75 Å². The lowest BCUT2D eigenvalue weighted by molar-refractivity contribution is 0.0995. The van der Waals surface area contributed by atoms with Gasteiger partial charge in [0.1, 0.15) is 17.0 Å². The van der Waals surface area contributed by atoms with Gasteiger partial charge in [-0.25, -0.2) is 4.98 Å². The first-order valence-corrected chi connectivity index (χ1v) is 9.92. The molecule has 0 unspecified atom stereocenters. The summed E-state index contributed by atoms with van der Waals surface area (Å²) in [4.78, 5) is 29.2. The number of nitrogens with two attached hydrogens (primary N) is 2. The van der Waals surface area contributed by atoms with Crippen molar-refractivity contribution in [2.45, 2.75) is 40.3 Å². The number of carbonyl (C=O) groups excluding carboxylic acids is 2. The highest BCUT2D eigenvalue weighted by atomic mass is 16.5. The van der Waals surface area contributed by atoms with E-state index in [9.17, 15) is 9.59 Å². The van der Waals surface area contributed by atoms with E-state index >= 15 is 0 Å². The quantitative estimate of drug-likeness (QED) is 0.455. The molecule has 0 aliphatic rings. The number of primary amides is 1. The first kappa shape index (κ1) is 21.3. The first-order chi connectivity index (χ1) is 14.4. The number of carbonyl (C=O) groups is 2. The van der Waals surface area contributed by atoms with Crippen molar-refractivity contribution in [3.8, 4) is 5.75 Å². The molecule has 30 heavy (non-hydrogen) atoms. The lowest BCUT2D eigenvalue weighted by atomic mass is 10.1. The van der Waals surface area contributed by atoms with E-state index in [2.05, 4.69) is 15.4 Å². The number of hydrogen-bond donors (Lipinski definition) is 3. The second-order valence-electron chi connectivity index (χ2n) is 6.82. The standard InChI is InChI=1S/C20H27N7O3/c1-4-26-17-14(10-13(18(22)28)11-16(17)30-8-6-7-21)23-20(26)24-19(29)15-9-12(3)25-27(15)5-2/h9-11H,4-8,21H2,1-3H3,(H2,22,28)(H,23,24,29). The van der Waals surface area contributed by atoms with Crippen LogP contribution in [0.1, 0.15) is 46.8 Å². The van der Waals surface area contributed by atoms with Gasteiger partial charge in [-0.2, -0.15) is 5.10 Å². The van der Waals surface area contributed by atoms with Crippen LogP contribution in [0.2, 0.25) is 0 Å². The normalized spacial score (nSPS) is 11.1. The number of aromatic nitrogens is 4. The Kier molecular flexibility index (Phi) is 6.36. The number of anilines is 1. The molecule has 0 saturated carbocycles. The second kappa shape index (κ2) is 8.95. The topological polar surface area (TPSA) is 143 Å². The molecule has 2 aromatic heterocycles. The molecule has 3 aromatic rings. The van der Waals surface area contributed by atoms with Crippen LogP contribution < -0.4 is 21.5 Å². The number of hydrogen-bond acceptors (Lipinski definition) is 6. The van der Waals surface area contributed by atoms with Gasteiger partial charge in [0.2, 0.25) is 11.9 Å². The van der Waals surface area contributed by atoms with E-state index < -0.39 is 5.91 Å². The Morgan fingerprint density at radius 1 is 1.20 bits per heavy atom. The molecule has 0 fully saturated rings. The second-order valence-corrected chi connectivity index (χ2v) is 6.82. The summed E-state index contributed by atoms with van der Waals surface area (Å²) < 4.78 is 9.32. The molecule has 0 bridgehead atoms. The van der Waals surface area contributed by atoms with Crippen molar-refractivity contribution in [2.24, 2.45) is 11.5 Å². The fraction of sp³-hybridized carbons (Fsp3) is 0.400. The maximum absolute atomic E-state index is 12.9. The number of ether oxygens (including phenoxy) is 1. The predicted octanol–water partition coefficient (Wildman–Crippen LogP) is 1.66. The van der Waals surface area contributed by atoms with Gasteiger partial charge < -0.3 is 20.8 Å². The third-order valence-electron chi connectivity index (χ3n) is 4.67. The van der Waals surface area contributed by atoms with Crippen LogP contribution in [0.4, 0.5) is 5.95 Å². The summed E-state index contributed by atoms with van der Waals surface area (Å²) in [6.45, 7) is 7.66. The van der Waals surface area contributed by atoms with Crippen molar-refractivity contribution in [1.29, 1.82) is 0 Å². The molecule has 160 valence electrons. The van der Waals surface area contributed by atoms with Gasteiger partial charge in [-0.1, -0.05) is 0 Å². The number of fused-ring (bicyclic) bond motifs is 1. The summed E-state index contributed by atoms with van der Waals surface area (Å²) in [7, 11) is 0. The summed E-state index contributed by atoms with van der Waals surface area (Å²) in [5.74, 6) is -0.0777. The molecule has 2 amide bonds. The Morgan fingerprint density at radius 3 is 2.60 bits per heavy atom. The number of nitrogens with zero attached hydrogens (tertiary/aromatic N) is 4. The first-order valence-electron chi connectivity index (χ1n) is 9.92. The Labute approximate surface area is 174 Å². The monoisotopic (exact) mass is 413 g/mol. The van der Waals surface area contributed by atoms with Gasteiger partial charge in [0.25, 0.3) is 5.91 Å². The van der Waals surface area contributed by atoms with Crippen molar-refractivity contribution in [2.75, 3.05) is 18.5 Å².